The molecule has 0 N–H and O–H groups in total. The Balaban J connectivity index is 3.06. The minimum atomic E-state index is -4.33. The van der Waals surface area contributed by atoms with Crippen molar-refractivity contribution in [2.75, 3.05) is 19.6 Å². The molecule has 0 radical (unpaired) electrons. The maximum Gasteiger partial charge on any atom is 0.411 e. The van der Waals surface area contributed by atoms with Crippen molar-refractivity contribution in [3.8, 4) is 0 Å². The molecule has 11 heteroatoms. The lowest BCUT2D eigenvalue weighted by Crippen LogP contribution is -2.14. The lowest BCUT2D eigenvalue weighted by Gasteiger charge is -2.17. The quantitative estimate of drug-likeness (QED) is 0.228. The Kier molecular flexibility index (Phi) is 9.00. The number of benzene rings is 1. The van der Waals surface area contributed by atoms with E-state index in [2.05, 4.69) is 19.1 Å². The second kappa shape index (κ2) is 9.99. The van der Waals surface area contributed by atoms with E-state index in [1.807, 2.05) is 13.8 Å². The zero-order chi connectivity index (χ0) is 19.1. The summed E-state index contributed by atoms with van der Waals surface area (Å²) >= 11 is 6.04. The third-order valence-electron chi connectivity index (χ3n) is 2.80. The van der Waals surface area contributed by atoms with Gasteiger partial charge in [0.1, 0.15) is 4.90 Å². The molecule has 8 nitrogen and oxygen atoms in total. The highest BCUT2D eigenvalue weighted by molar-refractivity contribution is 7.87. The first-order valence-corrected chi connectivity index (χ1v) is 11.1. The molecule has 0 unspecified atom stereocenters. The van der Waals surface area contributed by atoms with Crippen LogP contribution in [0.4, 0.5) is 0 Å². The van der Waals surface area contributed by atoms with Gasteiger partial charge in [0.25, 0.3) is 10.1 Å². The van der Waals surface area contributed by atoms with Crippen LogP contribution in [-0.4, -0.2) is 28.0 Å². The highest BCUT2D eigenvalue weighted by atomic mass is 35.5. The summed E-state index contributed by atoms with van der Waals surface area (Å²) in [4.78, 5) is 8.98. The summed E-state index contributed by atoms with van der Waals surface area (Å²) in [6, 6.07) is 4.69. The van der Waals surface area contributed by atoms with Crippen molar-refractivity contribution >= 4 is 29.3 Å². The summed E-state index contributed by atoms with van der Waals surface area (Å²) in [5.41, 5.74) is 0.471. The normalized spacial score (nSPS) is 12.7. The van der Waals surface area contributed by atoms with E-state index in [0.717, 1.165) is 0 Å². The third kappa shape index (κ3) is 6.62. The van der Waals surface area contributed by atoms with Crippen LogP contribution in [-0.2, 0) is 38.0 Å². The highest BCUT2D eigenvalue weighted by Gasteiger charge is 2.34. The topological polar surface area (TPSA) is 97.4 Å². The first kappa shape index (κ1) is 22.5. The first-order valence-electron chi connectivity index (χ1n) is 7.56. The van der Waals surface area contributed by atoms with Crippen molar-refractivity contribution in [1.29, 1.82) is 0 Å². The van der Waals surface area contributed by atoms with Crippen molar-refractivity contribution in [2.24, 2.45) is 0 Å². The minimum Gasteiger partial charge on any atom is -0.253 e. The van der Waals surface area contributed by atoms with E-state index >= 15 is 0 Å². The van der Waals surface area contributed by atoms with Gasteiger partial charge in [0.2, 0.25) is 0 Å². The van der Waals surface area contributed by atoms with Crippen molar-refractivity contribution in [2.45, 2.75) is 38.5 Å². The molecule has 0 aromatic heterocycles. The van der Waals surface area contributed by atoms with Gasteiger partial charge in [-0.05, 0) is 31.4 Å². The SMILES string of the molecule is CCOOP(=O)(COS(=O)(=O)c1c(Cl)cccc1C(C)C)OOCC. The molecule has 0 atom stereocenters. The summed E-state index contributed by atoms with van der Waals surface area (Å²) in [5, 5.41) is -0.00233. The summed E-state index contributed by atoms with van der Waals surface area (Å²) in [6.07, 6.45) is -0.932. The number of hydrogen-bond donors (Lipinski definition) is 0. The smallest absolute Gasteiger partial charge is 0.253 e. The molecule has 0 saturated carbocycles. The summed E-state index contributed by atoms with van der Waals surface area (Å²) in [5.74, 6) is -0.127. The second-order valence-electron chi connectivity index (χ2n) is 5.09. The summed E-state index contributed by atoms with van der Waals surface area (Å²) in [7, 11) is -8.44. The molecule has 1 aromatic rings. The summed E-state index contributed by atoms with van der Waals surface area (Å²) < 4.78 is 51.6. The van der Waals surface area contributed by atoms with Crippen molar-refractivity contribution in [1.82, 2.24) is 0 Å². The predicted octanol–water partition coefficient (Wildman–Crippen LogP) is 4.26. The standard InChI is InChI=1S/C14H22ClO8PS/c1-5-19-22-24(16,23-20-6-2)10-21-25(17,18)14-12(11(3)4)8-7-9-13(14)15/h7-9,11H,5-6,10H2,1-4H3. The third-order valence-corrected chi connectivity index (χ3v) is 5.90. The van der Waals surface area contributed by atoms with Crippen LogP contribution in [0.3, 0.4) is 0 Å². The van der Waals surface area contributed by atoms with Gasteiger partial charge in [0.15, 0.2) is 6.35 Å². The van der Waals surface area contributed by atoms with Crippen molar-refractivity contribution in [3.63, 3.8) is 0 Å². The average molecular weight is 417 g/mol. The van der Waals surface area contributed by atoms with Gasteiger partial charge in [0, 0.05) is 0 Å². The lowest BCUT2D eigenvalue weighted by atomic mass is 10.0. The van der Waals surface area contributed by atoms with Crippen LogP contribution in [0, 0.1) is 0 Å². The highest BCUT2D eigenvalue weighted by Crippen LogP contribution is 2.49. The van der Waals surface area contributed by atoms with E-state index in [9.17, 15) is 13.0 Å². The molecule has 144 valence electrons. The first-order chi connectivity index (χ1) is 11.7. The number of halogens is 1. The molecule has 0 spiro atoms. The van der Waals surface area contributed by atoms with E-state index in [0.29, 0.717) is 5.56 Å². The Hall–Kier alpha value is -0.510. The van der Waals surface area contributed by atoms with Gasteiger partial charge in [-0.1, -0.05) is 37.6 Å². The van der Waals surface area contributed by atoms with Crippen LogP contribution in [0.1, 0.15) is 39.2 Å². The Morgan fingerprint density at radius 2 is 1.68 bits per heavy atom. The molecular weight excluding hydrogens is 395 g/mol. The molecule has 0 aliphatic rings. The Bertz CT molecular complexity index is 695. The van der Waals surface area contributed by atoms with E-state index in [1.54, 1.807) is 26.0 Å². The van der Waals surface area contributed by atoms with Crippen LogP contribution in [0.2, 0.25) is 5.02 Å². The van der Waals surface area contributed by atoms with Gasteiger partial charge in [-0.2, -0.15) is 8.42 Å². The fraction of sp³-hybridized carbons (Fsp3) is 0.571. The molecule has 0 fully saturated rings. The van der Waals surface area contributed by atoms with E-state index in [-0.39, 0.29) is 29.0 Å². The van der Waals surface area contributed by atoms with Crippen molar-refractivity contribution < 1.29 is 36.3 Å². The molecule has 0 aliphatic heterocycles. The van der Waals surface area contributed by atoms with Crippen LogP contribution in [0.5, 0.6) is 0 Å². The van der Waals surface area contributed by atoms with E-state index in [1.165, 1.54) is 6.07 Å². The number of hydrogen-bond acceptors (Lipinski definition) is 8. The van der Waals surface area contributed by atoms with Gasteiger partial charge in [-0.15, -0.1) is 9.35 Å². The van der Waals surface area contributed by atoms with E-state index in [4.69, 9.17) is 15.8 Å². The van der Waals surface area contributed by atoms with Crippen LogP contribution in [0.15, 0.2) is 23.1 Å². The lowest BCUT2D eigenvalue weighted by molar-refractivity contribution is -0.264. The van der Waals surface area contributed by atoms with Crippen LogP contribution >= 0.6 is 19.2 Å². The van der Waals surface area contributed by atoms with Gasteiger partial charge in [0.05, 0.1) is 18.2 Å². The molecule has 1 aromatic carbocycles. The molecule has 0 saturated heterocycles. The Morgan fingerprint density at radius 3 is 2.16 bits per heavy atom. The van der Waals surface area contributed by atoms with Gasteiger partial charge in [-0.25, -0.2) is 9.78 Å². The predicted molar refractivity (Wildman–Crippen MR) is 91.7 cm³/mol. The molecular formula is C14H22ClO8PS. The molecule has 0 bridgehead atoms. The van der Waals surface area contributed by atoms with Crippen LogP contribution in [0.25, 0.3) is 0 Å². The maximum atomic E-state index is 12.6. The van der Waals surface area contributed by atoms with Gasteiger partial charge < -0.3 is 0 Å². The maximum absolute atomic E-state index is 12.6. The van der Waals surface area contributed by atoms with Crippen LogP contribution < -0.4 is 0 Å². The Labute approximate surface area is 152 Å². The zero-order valence-electron chi connectivity index (χ0n) is 14.4. The second-order valence-corrected chi connectivity index (χ2v) is 8.82. The summed E-state index contributed by atoms with van der Waals surface area (Å²) in [6.45, 7) is 6.92. The fourth-order valence-corrected chi connectivity index (χ4v) is 4.96. The molecule has 0 amide bonds. The minimum absolute atomic E-state index is 0.00233. The van der Waals surface area contributed by atoms with E-state index < -0.39 is 24.1 Å². The van der Waals surface area contributed by atoms with Gasteiger partial charge in [-0.3, -0.25) is 8.75 Å². The molecule has 25 heavy (non-hydrogen) atoms. The largest absolute Gasteiger partial charge is 0.411 e. The molecule has 1 rings (SSSR count). The average Bonchev–Trinajstić information content (AvgIpc) is 2.56. The number of rotatable bonds is 11. The van der Waals surface area contributed by atoms with Gasteiger partial charge >= 0.3 is 7.60 Å². The molecule has 0 heterocycles. The molecule has 0 aliphatic carbocycles. The van der Waals surface area contributed by atoms with Crippen molar-refractivity contribution in [3.05, 3.63) is 28.8 Å². The monoisotopic (exact) mass is 416 g/mol. The zero-order valence-corrected chi connectivity index (χ0v) is 16.9. The Morgan fingerprint density at radius 1 is 1.12 bits per heavy atom. The fourth-order valence-electron chi connectivity index (χ4n) is 1.76.